The first kappa shape index (κ1) is 18.1. The Kier molecular flexibility index (Phi) is 5.00. The topological polar surface area (TPSA) is 29.5 Å². The van der Waals surface area contributed by atoms with Crippen LogP contribution in [0.4, 0.5) is 5.69 Å². The molecule has 1 heterocycles. The summed E-state index contributed by atoms with van der Waals surface area (Å²) in [7, 11) is 1.60. The van der Waals surface area contributed by atoms with Crippen LogP contribution in [0.25, 0.3) is 11.8 Å². The molecule has 0 aliphatic carbocycles. The van der Waals surface area contributed by atoms with Crippen molar-refractivity contribution in [2.24, 2.45) is 0 Å². The molecule has 3 aromatic rings. The first-order valence-corrected chi connectivity index (χ1v) is 9.27. The fourth-order valence-corrected chi connectivity index (χ4v) is 3.36. The number of carbonyl (C=O) groups is 1. The molecule has 0 N–H and O–H groups in total. The molecule has 28 heavy (non-hydrogen) atoms. The molecule has 0 aromatic heterocycles. The third kappa shape index (κ3) is 3.45. The van der Waals surface area contributed by atoms with E-state index in [2.05, 4.69) is 0 Å². The average Bonchev–Trinajstić information content (AvgIpc) is 3.05. The molecule has 4 heteroatoms. The monoisotopic (exact) mass is 387 g/mol. The molecule has 138 valence electrons. The maximum absolute atomic E-state index is 13.4. The molecule has 0 bridgehead atoms. The maximum atomic E-state index is 13.4. The van der Waals surface area contributed by atoms with E-state index in [0.717, 1.165) is 16.8 Å². The molecule has 0 atom stereocenters. The van der Waals surface area contributed by atoms with Crippen LogP contribution in [0, 0.1) is 0 Å². The summed E-state index contributed by atoms with van der Waals surface area (Å²) in [6.45, 7) is 0. The standard InChI is InChI=1S/C24H18ClNO2/c1-28-23-10-6-5-9-21(23)26-22(18-11-13-20(25)14-12-18)16-19(24(26)27)15-17-7-3-2-4-8-17/h2-16H,1H3/b19-15+. The van der Waals surface area contributed by atoms with Crippen molar-refractivity contribution >= 4 is 35.0 Å². The van der Waals surface area contributed by atoms with Gasteiger partial charge >= 0.3 is 0 Å². The smallest absolute Gasteiger partial charge is 0.263 e. The van der Waals surface area contributed by atoms with Gasteiger partial charge in [-0.15, -0.1) is 0 Å². The van der Waals surface area contributed by atoms with Gasteiger partial charge in [0, 0.05) is 10.6 Å². The van der Waals surface area contributed by atoms with Crippen LogP contribution in [0.3, 0.4) is 0 Å². The third-order valence-electron chi connectivity index (χ3n) is 4.57. The molecule has 0 unspecified atom stereocenters. The van der Waals surface area contributed by atoms with Gasteiger partial charge in [0.15, 0.2) is 0 Å². The van der Waals surface area contributed by atoms with Gasteiger partial charge in [0.1, 0.15) is 5.75 Å². The van der Waals surface area contributed by atoms with Crippen LogP contribution in [-0.4, -0.2) is 13.0 Å². The summed E-state index contributed by atoms with van der Waals surface area (Å²) in [5, 5.41) is 0.651. The first-order chi connectivity index (χ1) is 13.7. The van der Waals surface area contributed by atoms with E-state index in [4.69, 9.17) is 16.3 Å². The lowest BCUT2D eigenvalue weighted by atomic mass is 10.1. The SMILES string of the molecule is COc1ccccc1N1C(=O)/C(=C/c2ccccc2)C=C1c1ccc(Cl)cc1. The number of ether oxygens (including phenoxy) is 1. The largest absolute Gasteiger partial charge is 0.495 e. The summed E-state index contributed by atoms with van der Waals surface area (Å²) in [5.41, 5.74) is 3.97. The van der Waals surface area contributed by atoms with Gasteiger partial charge < -0.3 is 4.74 Å². The van der Waals surface area contributed by atoms with E-state index in [1.165, 1.54) is 0 Å². The lowest BCUT2D eigenvalue weighted by Crippen LogP contribution is -2.25. The molecule has 0 saturated carbocycles. The van der Waals surface area contributed by atoms with Crippen LogP contribution in [0.15, 0.2) is 90.5 Å². The molecule has 3 aromatic carbocycles. The summed E-state index contributed by atoms with van der Waals surface area (Å²) in [6.07, 6.45) is 3.80. The second-order valence-corrected chi connectivity index (χ2v) is 6.80. The van der Waals surface area contributed by atoms with Crippen molar-refractivity contribution in [1.29, 1.82) is 0 Å². The zero-order chi connectivity index (χ0) is 19.5. The Morgan fingerprint density at radius 1 is 0.893 bits per heavy atom. The van der Waals surface area contributed by atoms with Crippen molar-refractivity contribution in [2.75, 3.05) is 12.0 Å². The number of para-hydroxylation sites is 2. The van der Waals surface area contributed by atoms with E-state index in [1.807, 2.05) is 91.0 Å². The molecule has 1 aliphatic heterocycles. The van der Waals surface area contributed by atoms with Gasteiger partial charge in [0.25, 0.3) is 5.91 Å². The van der Waals surface area contributed by atoms with E-state index in [-0.39, 0.29) is 5.91 Å². The molecular formula is C24H18ClNO2. The number of rotatable bonds is 4. The highest BCUT2D eigenvalue weighted by Crippen LogP contribution is 2.39. The number of methoxy groups -OCH3 is 1. The van der Waals surface area contributed by atoms with E-state index in [1.54, 1.807) is 12.0 Å². The van der Waals surface area contributed by atoms with E-state index in [9.17, 15) is 4.79 Å². The van der Waals surface area contributed by atoms with Crippen molar-refractivity contribution < 1.29 is 9.53 Å². The lowest BCUT2D eigenvalue weighted by molar-refractivity contribution is -0.113. The summed E-state index contributed by atoms with van der Waals surface area (Å²) < 4.78 is 5.50. The number of carbonyl (C=O) groups excluding carboxylic acids is 1. The van der Waals surface area contributed by atoms with Gasteiger partial charge in [-0.3, -0.25) is 9.69 Å². The first-order valence-electron chi connectivity index (χ1n) is 8.89. The predicted octanol–water partition coefficient (Wildman–Crippen LogP) is 5.82. The predicted molar refractivity (Wildman–Crippen MR) is 114 cm³/mol. The number of anilines is 1. The highest BCUT2D eigenvalue weighted by Gasteiger charge is 2.32. The molecule has 0 saturated heterocycles. The number of amides is 1. The fourth-order valence-electron chi connectivity index (χ4n) is 3.23. The molecular weight excluding hydrogens is 370 g/mol. The van der Waals surface area contributed by atoms with Gasteiger partial charge in [0.2, 0.25) is 0 Å². The van der Waals surface area contributed by atoms with Gasteiger partial charge in [-0.2, -0.15) is 0 Å². The van der Waals surface area contributed by atoms with Crippen molar-refractivity contribution in [3.8, 4) is 5.75 Å². The lowest BCUT2D eigenvalue weighted by Gasteiger charge is -2.22. The van der Waals surface area contributed by atoms with E-state index < -0.39 is 0 Å². The molecule has 0 spiro atoms. The Hall–Kier alpha value is -3.30. The van der Waals surface area contributed by atoms with Gasteiger partial charge in [0.05, 0.1) is 18.5 Å². The maximum Gasteiger partial charge on any atom is 0.263 e. The van der Waals surface area contributed by atoms with Crippen LogP contribution < -0.4 is 9.64 Å². The quantitative estimate of drug-likeness (QED) is 0.528. The second kappa shape index (κ2) is 7.75. The normalized spacial score (nSPS) is 15.1. The fraction of sp³-hybridized carbons (Fsp3) is 0.0417. The molecule has 1 amide bonds. The Labute approximate surface area is 169 Å². The number of halogens is 1. The summed E-state index contributed by atoms with van der Waals surface area (Å²) in [5.74, 6) is 0.537. The minimum absolute atomic E-state index is 0.0988. The Bertz CT molecular complexity index is 1070. The minimum atomic E-state index is -0.0988. The van der Waals surface area contributed by atoms with Gasteiger partial charge in [-0.05, 0) is 47.5 Å². The second-order valence-electron chi connectivity index (χ2n) is 6.36. The highest BCUT2D eigenvalue weighted by molar-refractivity contribution is 6.30. The number of nitrogens with zero attached hydrogens (tertiary/aromatic N) is 1. The molecule has 1 aliphatic rings. The molecule has 0 fully saturated rings. The van der Waals surface area contributed by atoms with Gasteiger partial charge in [-0.25, -0.2) is 0 Å². The van der Waals surface area contributed by atoms with Crippen LogP contribution in [0.5, 0.6) is 5.75 Å². The number of benzene rings is 3. The summed E-state index contributed by atoms with van der Waals surface area (Å²) >= 11 is 6.05. The average molecular weight is 388 g/mol. The zero-order valence-corrected chi connectivity index (χ0v) is 16.1. The van der Waals surface area contributed by atoms with Crippen molar-refractivity contribution in [3.63, 3.8) is 0 Å². The number of hydrogen-bond acceptors (Lipinski definition) is 2. The van der Waals surface area contributed by atoms with Crippen molar-refractivity contribution in [1.82, 2.24) is 0 Å². The van der Waals surface area contributed by atoms with Crippen LogP contribution in [-0.2, 0) is 4.79 Å². The third-order valence-corrected chi connectivity index (χ3v) is 4.82. The van der Waals surface area contributed by atoms with Crippen LogP contribution >= 0.6 is 11.6 Å². The Morgan fingerprint density at radius 2 is 1.57 bits per heavy atom. The van der Waals surface area contributed by atoms with Crippen LogP contribution in [0.1, 0.15) is 11.1 Å². The molecule has 4 rings (SSSR count). The van der Waals surface area contributed by atoms with Crippen molar-refractivity contribution in [3.05, 3.63) is 107 Å². The van der Waals surface area contributed by atoms with E-state index in [0.29, 0.717) is 22.0 Å². The summed E-state index contributed by atoms with van der Waals surface area (Å²) in [6, 6.07) is 24.8. The Morgan fingerprint density at radius 3 is 2.29 bits per heavy atom. The zero-order valence-electron chi connectivity index (χ0n) is 15.3. The van der Waals surface area contributed by atoms with Gasteiger partial charge in [-0.1, -0.05) is 66.2 Å². The Balaban J connectivity index is 1.86. The summed E-state index contributed by atoms with van der Waals surface area (Å²) in [4.78, 5) is 15.0. The minimum Gasteiger partial charge on any atom is -0.495 e. The van der Waals surface area contributed by atoms with Crippen LogP contribution in [0.2, 0.25) is 5.02 Å². The number of hydrogen-bond donors (Lipinski definition) is 0. The van der Waals surface area contributed by atoms with Crippen molar-refractivity contribution in [2.45, 2.75) is 0 Å². The van der Waals surface area contributed by atoms with E-state index >= 15 is 0 Å². The molecule has 3 nitrogen and oxygen atoms in total. The molecule has 0 radical (unpaired) electrons. The highest BCUT2D eigenvalue weighted by atomic mass is 35.5.